The molecule has 2 fully saturated rings. The zero-order valence-corrected chi connectivity index (χ0v) is 25.6. The van der Waals surface area contributed by atoms with Crippen molar-refractivity contribution < 1.29 is 18.6 Å². The molecule has 3 amide bonds. The number of hydrogen-bond donors (Lipinski definition) is 2. The van der Waals surface area contributed by atoms with Crippen molar-refractivity contribution in [3.8, 4) is 0 Å². The quantitative estimate of drug-likeness (QED) is 0.304. The Kier molecular flexibility index (Phi) is 11.6. The molecule has 0 radical (unpaired) electrons. The number of rotatable bonds is 11. The van der Waals surface area contributed by atoms with E-state index in [1.165, 1.54) is 6.42 Å². The SMILES string of the molecule is C=S(=O)(c1ccccn1)N1CC(=O)[C@@H](NC(=O)[C@@H](CC2(C)CCCCC2)NC(=O)N(C)CCCCC)CC[C@H]1C. The number of unbranched alkanes of at least 4 members (excludes halogenated alkanes) is 2. The minimum absolute atomic E-state index is 0.0464. The maximum Gasteiger partial charge on any atom is 0.317 e. The van der Waals surface area contributed by atoms with Crippen LogP contribution in [0.5, 0.6) is 0 Å². The smallest absolute Gasteiger partial charge is 0.317 e. The molecule has 0 aromatic carbocycles. The summed E-state index contributed by atoms with van der Waals surface area (Å²) in [5.74, 6) is 3.41. The van der Waals surface area contributed by atoms with E-state index in [1.54, 1.807) is 40.6 Å². The van der Waals surface area contributed by atoms with Gasteiger partial charge < -0.3 is 15.5 Å². The van der Waals surface area contributed by atoms with Crippen LogP contribution in [0.15, 0.2) is 29.4 Å². The van der Waals surface area contributed by atoms with Gasteiger partial charge >= 0.3 is 6.03 Å². The highest BCUT2D eigenvalue weighted by Crippen LogP contribution is 2.39. The third-order valence-corrected chi connectivity index (χ3v) is 10.7. The first-order valence-corrected chi connectivity index (χ1v) is 16.5. The second-order valence-corrected chi connectivity index (χ2v) is 14.2. The fraction of sp³-hybridized carbons (Fsp3) is 0.700. The molecule has 0 spiro atoms. The van der Waals surface area contributed by atoms with Crippen molar-refractivity contribution in [2.45, 2.75) is 115 Å². The number of nitrogens with zero attached hydrogens (tertiary/aromatic N) is 3. The van der Waals surface area contributed by atoms with Crippen LogP contribution in [0.1, 0.15) is 91.4 Å². The van der Waals surface area contributed by atoms with E-state index in [4.69, 9.17) is 0 Å². The standard InChI is InChI=1S/C30H49N5O4S/c1-6-7-13-20-34(4)29(38)33-25(21-30(3)17-10-8-11-18-30)28(37)32-24-16-15-23(2)35(22-26(24)36)40(5,39)27-14-9-12-19-31-27/h9,12,14,19,23-25H,5-8,10-11,13,15-18,20-22H2,1-4H3,(H,32,37)(H,33,38)/t23-,24+,25-,40?/m1/s1. The van der Waals surface area contributed by atoms with Crippen molar-refractivity contribution in [1.29, 1.82) is 0 Å². The minimum Gasteiger partial charge on any atom is -0.344 e. The van der Waals surface area contributed by atoms with Crippen molar-refractivity contribution in [1.82, 2.24) is 24.8 Å². The summed E-state index contributed by atoms with van der Waals surface area (Å²) in [7, 11) is -1.22. The molecule has 0 bridgehead atoms. The van der Waals surface area contributed by atoms with E-state index in [-0.39, 0.29) is 35.7 Å². The zero-order chi connectivity index (χ0) is 29.3. The van der Waals surface area contributed by atoms with E-state index in [1.807, 2.05) is 6.92 Å². The summed E-state index contributed by atoms with van der Waals surface area (Å²) >= 11 is 0. The van der Waals surface area contributed by atoms with Crippen LogP contribution in [0.3, 0.4) is 0 Å². The molecular weight excluding hydrogens is 526 g/mol. The van der Waals surface area contributed by atoms with Crippen molar-refractivity contribution in [3.63, 3.8) is 0 Å². The first-order valence-electron chi connectivity index (χ1n) is 14.9. The lowest BCUT2D eigenvalue weighted by Crippen LogP contribution is -2.55. The fourth-order valence-electron chi connectivity index (χ4n) is 5.88. The van der Waals surface area contributed by atoms with Crippen LogP contribution >= 0.6 is 0 Å². The number of ketones is 1. The van der Waals surface area contributed by atoms with Gasteiger partial charge in [-0.15, -0.1) is 0 Å². The molecule has 1 unspecified atom stereocenters. The van der Waals surface area contributed by atoms with Gasteiger partial charge in [-0.3, -0.25) is 9.59 Å². The Morgan fingerprint density at radius 1 is 1.23 bits per heavy atom. The number of pyridine rings is 1. The highest BCUT2D eigenvalue weighted by Gasteiger charge is 2.38. The Bertz CT molecular complexity index is 1100. The van der Waals surface area contributed by atoms with Gasteiger partial charge in [-0.05, 0) is 68.9 Å². The number of carbonyl (C=O) groups excluding carboxylic acids is 3. The van der Waals surface area contributed by atoms with Crippen molar-refractivity contribution >= 4 is 33.3 Å². The fourth-order valence-corrected chi connectivity index (χ4v) is 7.66. The summed E-state index contributed by atoms with van der Waals surface area (Å²) in [6.45, 7) is 6.77. The lowest BCUT2D eigenvalue weighted by atomic mass is 9.71. The first-order chi connectivity index (χ1) is 19.0. The molecule has 1 aromatic rings. The molecule has 1 aliphatic carbocycles. The van der Waals surface area contributed by atoms with Crippen molar-refractivity contribution in [3.05, 3.63) is 24.4 Å². The molecular formula is C30H49N5O4S. The summed E-state index contributed by atoms with van der Waals surface area (Å²) < 4.78 is 15.3. The van der Waals surface area contributed by atoms with E-state index in [9.17, 15) is 18.6 Å². The molecule has 2 N–H and O–H groups in total. The summed E-state index contributed by atoms with van der Waals surface area (Å²) in [5.41, 5.74) is -0.0464. The Balaban J connectivity index is 1.73. The van der Waals surface area contributed by atoms with E-state index < -0.39 is 21.8 Å². The lowest BCUT2D eigenvalue weighted by molar-refractivity contribution is -0.129. The van der Waals surface area contributed by atoms with Gasteiger partial charge in [0.1, 0.15) is 11.1 Å². The van der Waals surface area contributed by atoms with E-state index in [0.29, 0.717) is 30.8 Å². The molecule has 10 heteroatoms. The average molecular weight is 576 g/mol. The van der Waals surface area contributed by atoms with Gasteiger partial charge in [0, 0.05) is 25.8 Å². The molecule has 1 aromatic heterocycles. The van der Waals surface area contributed by atoms with Crippen LogP contribution in [0.25, 0.3) is 0 Å². The normalized spacial score (nSPS) is 23.9. The Hall–Kier alpha value is -2.46. The summed E-state index contributed by atoms with van der Waals surface area (Å²) in [6, 6.07) is 3.24. The zero-order valence-electron chi connectivity index (χ0n) is 24.8. The van der Waals surface area contributed by atoms with Gasteiger partial charge in [-0.1, -0.05) is 52.0 Å². The monoisotopic (exact) mass is 575 g/mol. The first kappa shape index (κ1) is 32.1. The Labute approximate surface area is 241 Å². The molecule has 2 heterocycles. The summed E-state index contributed by atoms with van der Waals surface area (Å²) in [6.07, 6.45) is 11.5. The molecule has 3 rings (SSSR count). The van der Waals surface area contributed by atoms with Gasteiger partial charge in [-0.2, -0.15) is 0 Å². The largest absolute Gasteiger partial charge is 0.344 e. The number of amides is 3. The van der Waals surface area contributed by atoms with Crippen LogP contribution in [-0.2, 0) is 19.3 Å². The predicted octanol–water partition coefficient (Wildman–Crippen LogP) is 4.17. The van der Waals surface area contributed by atoms with Crippen LogP contribution in [0.2, 0.25) is 0 Å². The molecule has 4 atom stereocenters. The van der Waals surface area contributed by atoms with Crippen LogP contribution in [-0.4, -0.2) is 80.3 Å². The average Bonchev–Trinajstić information content (AvgIpc) is 3.07. The van der Waals surface area contributed by atoms with Crippen molar-refractivity contribution in [2.24, 2.45) is 5.41 Å². The van der Waals surface area contributed by atoms with E-state index in [2.05, 4.69) is 35.3 Å². The third kappa shape index (κ3) is 8.52. The molecule has 1 saturated heterocycles. The maximum absolute atomic E-state index is 13.7. The van der Waals surface area contributed by atoms with Gasteiger partial charge in [-0.25, -0.2) is 18.3 Å². The molecule has 2 aliphatic rings. The molecule has 1 aliphatic heterocycles. The number of nitrogens with one attached hydrogen (secondary N) is 2. The maximum atomic E-state index is 13.7. The predicted molar refractivity (Wildman–Crippen MR) is 160 cm³/mol. The molecule has 1 saturated carbocycles. The second-order valence-electron chi connectivity index (χ2n) is 12.0. The third-order valence-electron chi connectivity index (χ3n) is 8.54. The molecule has 9 nitrogen and oxygen atoms in total. The topological polar surface area (TPSA) is 112 Å². The Morgan fingerprint density at radius 3 is 2.60 bits per heavy atom. The molecule has 224 valence electrons. The van der Waals surface area contributed by atoms with Gasteiger partial charge in [0.05, 0.1) is 22.3 Å². The van der Waals surface area contributed by atoms with Crippen LogP contribution < -0.4 is 10.6 Å². The van der Waals surface area contributed by atoms with Gasteiger partial charge in [0.2, 0.25) is 5.91 Å². The number of aromatic nitrogens is 1. The highest BCUT2D eigenvalue weighted by molar-refractivity contribution is 7.98. The van der Waals surface area contributed by atoms with Crippen LogP contribution in [0.4, 0.5) is 4.79 Å². The number of carbonyl (C=O) groups is 3. The highest BCUT2D eigenvalue weighted by atomic mass is 32.2. The number of urea groups is 1. The second kappa shape index (κ2) is 14.4. The summed E-state index contributed by atoms with van der Waals surface area (Å²) in [4.78, 5) is 46.0. The van der Waals surface area contributed by atoms with Crippen molar-refractivity contribution in [2.75, 3.05) is 20.1 Å². The lowest BCUT2D eigenvalue weighted by Gasteiger charge is -2.37. The Morgan fingerprint density at radius 2 is 1.95 bits per heavy atom. The molecule has 40 heavy (non-hydrogen) atoms. The van der Waals surface area contributed by atoms with E-state index in [0.717, 1.165) is 44.9 Å². The van der Waals surface area contributed by atoms with Crippen LogP contribution in [0, 0.1) is 5.41 Å². The van der Waals surface area contributed by atoms with Gasteiger partial charge in [0.25, 0.3) is 0 Å². The number of Topliss-reactive ketones (excluding diaryl/α,β-unsaturated/α-hetero) is 1. The summed E-state index contributed by atoms with van der Waals surface area (Å²) in [5, 5.41) is 6.29. The minimum atomic E-state index is -2.97. The van der Waals surface area contributed by atoms with E-state index >= 15 is 0 Å². The van der Waals surface area contributed by atoms with Gasteiger partial charge in [0.15, 0.2) is 5.78 Å². The number of hydrogen-bond acceptors (Lipinski definition) is 5.